The lowest BCUT2D eigenvalue weighted by molar-refractivity contribution is -0.122. The molecule has 1 aromatic heterocycles. The Morgan fingerprint density at radius 2 is 2.03 bits per heavy atom. The Morgan fingerprint density at radius 1 is 1.27 bits per heavy atom. The van der Waals surface area contributed by atoms with E-state index in [1.165, 1.54) is 52.0 Å². The van der Waals surface area contributed by atoms with E-state index in [9.17, 15) is 17.6 Å². The number of halogens is 2. The number of amides is 1. The van der Waals surface area contributed by atoms with Crippen LogP contribution in [0, 0.1) is 11.7 Å². The van der Waals surface area contributed by atoms with Crippen molar-refractivity contribution < 1.29 is 22.3 Å². The minimum Gasteiger partial charge on any atom is -0.383 e. The van der Waals surface area contributed by atoms with Crippen molar-refractivity contribution >= 4 is 49.1 Å². The molecule has 0 N–H and O–H groups in total. The highest BCUT2D eigenvalue weighted by molar-refractivity contribution is 7.89. The highest BCUT2D eigenvalue weighted by atomic mass is 35.5. The van der Waals surface area contributed by atoms with Gasteiger partial charge in [-0.25, -0.2) is 12.8 Å². The molecule has 1 fully saturated rings. The molecule has 0 saturated carbocycles. The van der Waals surface area contributed by atoms with Gasteiger partial charge in [0.25, 0.3) is 5.91 Å². The van der Waals surface area contributed by atoms with Crippen LogP contribution in [0.1, 0.15) is 12.8 Å². The molecule has 1 atom stereocenters. The number of nitrogens with zero attached hydrogens (tertiary/aromatic N) is 3. The topological polar surface area (TPSA) is 81.0 Å². The fourth-order valence-corrected chi connectivity index (χ4v) is 6.57. The molecule has 1 aliphatic rings. The first kappa shape index (κ1) is 24.0. The van der Waals surface area contributed by atoms with Gasteiger partial charge in [0.1, 0.15) is 5.82 Å². The lowest BCUT2D eigenvalue weighted by Gasteiger charge is -2.30. The smallest absolute Gasteiger partial charge is 0.252 e. The SMILES string of the molecule is COCCn1c(=NC(=O)C2CCCN(S(=O)(=O)c3ccc(Cl)cc3)C2)sc2cc(F)ccc21. The summed E-state index contributed by atoms with van der Waals surface area (Å²) in [5.74, 6) is -1.31. The molecule has 3 aromatic rings. The van der Waals surface area contributed by atoms with E-state index in [1.54, 1.807) is 13.2 Å². The van der Waals surface area contributed by atoms with Gasteiger partial charge in [0, 0.05) is 31.8 Å². The molecular weight excluding hydrogens is 489 g/mol. The summed E-state index contributed by atoms with van der Waals surface area (Å²) < 4.78 is 48.8. The van der Waals surface area contributed by atoms with Crippen LogP contribution < -0.4 is 4.80 Å². The van der Waals surface area contributed by atoms with E-state index in [0.29, 0.717) is 47.1 Å². The van der Waals surface area contributed by atoms with Crippen LogP contribution in [0.2, 0.25) is 5.02 Å². The van der Waals surface area contributed by atoms with Gasteiger partial charge < -0.3 is 9.30 Å². The van der Waals surface area contributed by atoms with Gasteiger partial charge in [-0.1, -0.05) is 22.9 Å². The van der Waals surface area contributed by atoms with Crippen LogP contribution in [0.4, 0.5) is 4.39 Å². The quantitative estimate of drug-likeness (QED) is 0.505. The summed E-state index contributed by atoms with van der Waals surface area (Å²) in [6.07, 6.45) is 1.10. The Hall–Kier alpha value is -2.11. The van der Waals surface area contributed by atoms with Crippen LogP contribution in [0.25, 0.3) is 10.2 Å². The van der Waals surface area contributed by atoms with Gasteiger partial charge in [-0.2, -0.15) is 9.30 Å². The number of piperidine rings is 1. The molecule has 2 aromatic carbocycles. The van der Waals surface area contributed by atoms with Crippen LogP contribution in [-0.2, 0) is 26.1 Å². The number of hydrogen-bond acceptors (Lipinski definition) is 5. The Bertz CT molecular complexity index is 1340. The molecule has 4 rings (SSSR count). The number of fused-ring (bicyclic) bond motifs is 1. The van der Waals surface area contributed by atoms with Crippen molar-refractivity contribution in [1.29, 1.82) is 0 Å². The molecule has 1 aliphatic heterocycles. The number of aromatic nitrogens is 1. The number of thiazole rings is 1. The van der Waals surface area contributed by atoms with Crippen molar-refractivity contribution in [1.82, 2.24) is 8.87 Å². The first-order valence-corrected chi connectivity index (χ1v) is 13.0. The summed E-state index contributed by atoms with van der Waals surface area (Å²) in [6.45, 7) is 1.26. The molecule has 1 amide bonds. The van der Waals surface area contributed by atoms with E-state index < -0.39 is 15.9 Å². The molecule has 0 spiro atoms. The van der Waals surface area contributed by atoms with Crippen LogP contribution in [-0.4, -0.2) is 50.0 Å². The van der Waals surface area contributed by atoms with Crippen molar-refractivity contribution in [3.8, 4) is 0 Å². The minimum atomic E-state index is -3.74. The number of ether oxygens (including phenoxy) is 1. The van der Waals surface area contributed by atoms with E-state index in [1.807, 2.05) is 4.57 Å². The van der Waals surface area contributed by atoms with Crippen molar-refractivity contribution in [2.45, 2.75) is 24.3 Å². The molecule has 2 heterocycles. The van der Waals surface area contributed by atoms with Crippen molar-refractivity contribution in [2.24, 2.45) is 10.9 Å². The van der Waals surface area contributed by atoms with E-state index in [4.69, 9.17) is 16.3 Å². The van der Waals surface area contributed by atoms with Crippen LogP contribution in [0.5, 0.6) is 0 Å². The van der Waals surface area contributed by atoms with Gasteiger partial charge in [-0.15, -0.1) is 0 Å². The summed E-state index contributed by atoms with van der Waals surface area (Å²) in [7, 11) is -2.17. The molecule has 7 nitrogen and oxygen atoms in total. The summed E-state index contributed by atoms with van der Waals surface area (Å²) in [5.41, 5.74) is 0.764. The number of carbonyl (C=O) groups excluding carboxylic acids is 1. The number of benzene rings is 2. The summed E-state index contributed by atoms with van der Waals surface area (Å²) >= 11 is 7.10. The van der Waals surface area contributed by atoms with E-state index >= 15 is 0 Å². The Morgan fingerprint density at radius 3 is 2.76 bits per heavy atom. The minimum absolute atomic E-state index is 0.0604. The maximum absolute atomic E-state index is 13.7. The van der Waals surface area contributed by atoms with Crippen molar-refractivity contribution in [3.63, 3.8) is 0 Å². The number of rotatable bonds is 6. The van der Waals surface area contributed by atoms with Crippen LogP contribution in [0.3, 0.4) is 0 Å². The lowest BCUT2D eigenvalue weighted by atomic mass is 9.99. The van der Waals surface area contributed by atoms with Crippen LogP contribution in [0.15, 0.2) is 52.4 Å². The molecule has 0 radical (unpaired) electrons. The molecule has 0 bridgehead atoms. The van der Waals surface area contributed by atoms with Gasteiger partial charge in [-0.05, 0) is 55.3 Å². The third kappa shape index (κ3) is 5.20. The van der Waals surface area contributed by atoms with Gasteiger partial charge in [-0.3, -0.25) is 4.79 Å². The highest BCUT2D eigenvalue weighted by Gasteiger charge is 2.33. The fraction of sp³-hybridized carbons (Fsp3) is 0.364. The van der Waals surface area contributed by atoms with Gasteiger partial charge in [0.05, 0.1) is 27.6 Å². The second-order valence-electron chi connectivity index (χ2n) is 7.75. The zero-order valence-electron chi connectivity index (χ0n) is 17.9. The second kappa shape index (κ2) is 10.0. The molecule has 33 heavy (non-hydrogen) atoms. The van der Waals surface area contributed by atoms with Crippen molar-refractivity contribution in [3.05, 3.63) is 58.1 Å². The predicted molar refractivity (Wildman–Crippen MR) is 125 cm³/mol. The number of carbonyl (C=O) groups is 1. The molecule has 0 aliphatic carbocycles. The highest BCUT2D eigenvalue weighted by Crippen LogP contribution is 2.26. The van der Waals surface area contributed by atoms with Crippen molar-refractivity contribution in [2.75, 3.05) is 26.8 Å². The Balaban J connectivity index is 1.62. The maximum atomic E-state index is 13.7. The second-order valence-corrected chi connectivity index (χ2v) is 11.1. The molecule has 176 valence electrons. The molecule has 1 unspecified atom stereocenters. The normalized spacial score (nSPS) is 18.2. The predicted octanol–water partition coefficient (Wildman–Crippen LogP) is 3.67. The van der Waals surface area contributed by atoms with Gasteiger partial charge in [0.15, 0.2) is 4.80 Å². The monoisotopic (exact) mass is 511 g/mol. The summed E-state index contributed by atoms with van der Waals surface area (Å²) in [5, 5.41) is 0.449. The van der Waals surface area contributed by atoms with E-state index in [2.05, 4.69) is 4.99 Å². The maximum Gasteiger partial charge on any atom is 0.252 e. The molecular formula is C22H23ClFN3O4S2. The zero-order chi connectivity index (χ0) is 23.6. The Labute approximate surface area is 200 Å². The van der Waals surface area contributed by atoms with Gasteiger partial charge >= 0.3 is 0 Å². The van der Waals surface area contributed by atoms with E-state index in [0.717, 1.165) is 5.52 Å². The summed E-state index contributed by atoms with van der Waals surface area (Å²) in [6, 6.07) is 10.4. The molecule has 1 saturated heterocycles. The molecule has 11 heteroatoms. The first-order valence-electron chi connectivity index (χ1n) is 10.4. The fourth-order valence-electron chi connectivity index (χ4n) is 3.83. The zero-order valence-corrected chi connectivity index (χ0v) is 20.3. The largest absolute Gasteiger partial charge is 0.383 e. The average Bonchev–Trinajstić information content (AvgIpc) is 3.13. The van der Waals surface area contributed by atoms with Gasteiger partial charge in [0.2, 0.25) is 10.0 Å². The van der Waals surface area contributed by atoms with Crippen LogP contribution >= 0.6 is 22.9 Å². The third-order valence-corrected chi connectivity index (χ3v) is 8.73. The number of sulfonamides is 1. The Kier molecular flexibility index (Phi) is 7.30. The first-order chi connectivity index (χ1) is 15.8. The standard InChI is InChI=1S/C22H23ClFN3O4S2/c1-31-12-11-27-19-9-6-17(24)13-20(19)32-22(27)25-21(28)15-3-2-10-26(14-15)33(29,30)18-7-4-16(23)5-8-18/h4-9,13,15H,2-3,10-12,14H2,1H3. The number of hydrogen-bond donors (Lipinski definition) is 0. The lowest BCUT2D eigenvalue weighted by Crippen LogP contribution is -2.42. The number of methoxy groups -OCH3 is 1. The third-order valence-electron chi connectivity index (χ3n) is 5.55. The van der Waals surface area contributed by atoms with E-state index in [-0.39, 0.29) is 23.2 Å². The summed E-state index contributed by atoms with van der Waals surface area (Å²) in [4.78, 5) is 18.0. The average molecular weight is 512 g/mol.